The van der Waals surface area contributed by atoms with Crippen LogP contribution in [0.5, 0.6) is 5.75 Å². The smallest absolute Gasteiger partial charge is 0.257 e. The number of rotatable bonds is 5. The molecule has 1 aromatic carbocycles. The highest BCUT2D eigenvalue weighted by molar-refractivity contribution is 7.89. The summed E-state index contributed by atoms with van der Waals surface area (Å²) in [6.45, 7) is 1.42. The van der Waals surface area contributed by atoms with Crippen LogP contribution in [0.15, 0.2) is 23.1 Å². The molecule has 0 unspecified atom stereocenters. The minimum absolute atomic E-state index is 0.136. The molecule has 1 aliphatic heterocycles. The Bertz CT molecular complexity index is 929. The van der Waals surface area contributed by atoms with Gasteiger partial charge < -0.3 is 14.4 Å². The van der Waals surface area contributed by atoms with Gasteiger partial charge in [-0.3, -0.25) is 4.79 Å². The molecule has 1 heterocycles. The van der Waals surface area contributed by atoms with E-state index in [-0.39, 0.29) is 16.8 Å². The second-order valence-corrected chi connectivity index (χ2v) is 11.7. The molecule has 0 atom stereocenters. The minimum Gasteiger partial charge on any atom is -0.496 e. The molecule has 0 radical (unpaired) electrons. The van der Waals surface area contributed by atoms with E-state index in [0.29, 0.717) is 49.5 Å². The van der Waals surface area contributed by atoms with Crippen LogP contribution in [-0.2, 0) is 14.8 Å². The fourth-order valence-electron chi connectivity index (χ4n) is 6.80. The zero-order valence-corrected chi connectivity index (χ0v) is 19.1. The van der Waals surface area contributed by atoms with Crippen LogP contribution in [0.3, 0.4) is 0 Å². The minimum atomic E-state index is -3.68. The molecule has 1 aromatic rings. The largest absolute Gasteiger partial charge is 0.496 e. The summed E-state index contributed by atoms with van der Waals surface area (Å²) < 4.78 is 38.4. The van der Waals surface area contributed by atoms with Gasteiger partial charge in [-0.2, -0.15) is 4.31 Å². The first-order valence-corrected chi connectivity index (χ1v) is 12.9. The normalized spacial score (nSPS) is 32.8. The number of hydrogen-bond donors (Lipinski definition) is 0. The third-order valence-corrected chi connectivity index (χ3v) is 9.85. The number of sulfonamides is 1. The summed E-state index contributed by atoms with van der Waals surface area (Å²) in [5.74, 6) is 3.07. The van der Waals surface area contributed by atoms with E-state index in [2.05, 4.69) is 0 Å². The predicted octanol–water partition coefficient (Wildman–Crippen LogP) is 2.61. The number of methoxy groups -OCH3 is 1. The molecule has 5 aliphatic rings. The lowest BCUT2D eigenvalue weighted by molar-refractivity contribution is -0.0491. The van der Waals surface area contributed by atoms with Crippen LogP contribution in [0.1, 0.15) is 42.5 Å². The summed E-state index contributed by atoms with van der Waals surface area (Å²) in [5, 5.41) is 0. The lowest BCUT2D eigenvalue weighted by Gasteiger charge is -2.56. The summed E-state index contributed by atoms with van der Waals surface area (Å²) in [4.78, 5) is 15.6. The molecule has 1 saturated heterocycles. The number of nitrogens with zero attached hydrogens (tertiary/aromatic N) is 2. The Hall–Kier alpha value is -1.64. The number of benzene rings is 1. The molecule has 6 rings (SSSR count). The van der Waals surface area contributed by atoms with Crippen molar-refractivity contribution in [1.82, 2.24) is 9.21 Å². The van der Waals surface area contributed by atoms with Gasteiger partial charge in [0.1, 0.15) is 5.75 Å². The Balaban J connectivity index is 1.43. The third-order valence-electron chi connectivity index (χ3n) is 7.95. The highest BCUT2D eigenvalue weighted by Gasteiger charge is 2.50. The molecule has 0 aromatic heterocycles. The van der Waals surface area contributed by atoms with Crippen LogP contribution < -0.4 is 4.74 Å². The molecule has 4 aliphatic carbocycles. The lowest BCUT2D eigenvalue weighted by atomic mass is 9.54. The Labute approximate surface area is 184 Å². The van der Waals surface area contributed by atoms with E-state index in [1.54, 1.807) is 6.07 Å². The van der Waals surface area contributed by atoms with Crippen molar-refractivity contribution in [3.8, 4) is 5.75 Å². The Morgan fingerprint density at radius 1 is 1.06 bits per heavy atom. The first-order valence-electron chi connectivity index (χ1n) is 11.4. The first-order chi connectivity index (χ1) is 14.9. The van der Waals surface area contributed by atoms with Crippen molar-refractivity contribution in [2.75, 3.05) is 40.5 Å². The summed E-state index contributed by atoms with van der Waals surface area (Å²) in [6.07, 6.45) is 6.25. The summed E-state index contributed by atoms with van der Waals surface area (Å²) in [5.41, 5.74) is 0.327. The molecule has 7 nitrogen and oxygen atoms in total. The standard InChI is InChI=1S/C23H32N2O5S/c1-24(22-17-10-15-9-16(12-17)13-18(22)11-15)23(26)20-14-19(3-4-21(20)29-2)31(27,28)25-5-7-30-8-6-25/h3-4,14-18,22H,5-13H2,1-2H3. The molecule has 0 N–H and O–H groups in total. The highest BCUT2D eigenvalue weighted by Crippen LogP contribution is 2.55. The SMILES string of the molecule is COc1ccc(S(=O)(=O)N2CCOCC2)cc1C(=O)N(C)C1C2CC3CC(C2)CC1C3. The van der Waals surface area contributed by atoms with E-state index in [4.69, 9.17) is 9.47 Å². The van der Waals surface area contributed by atoms with E-state index in [0.717, 1.165) is 11.8 Å². The topological polar surface area (TPSA) is 76.1 Å². The molecule has 5 fully saturated rings. The van der Waals surface area contributed by atoms with Gasteiger partial charge in [-0.15, -0.1) is 0 Å². The van der Waals surface area contributed by atoms with Gasteiger partial charge in [-0.25, -0.2) is 8.42 Å². The van der Waals surface area contributed by atoms with Crippen LogP contribution >= 0.6 is 0 Å². The van der Waals surface area contributed by atoms with Gasteiger partial charge in [-0.05, 0) is 74.0 Å². The molecule has 4 bridgehead atoms. The van der Waals surface area contributed by atoms with Gasteiger partial charge in [0.25, 0.3) is 5.91 Å². The molecule has 4 saturated carbocycles. The quantitative estimate of drug-likeness (QED) is 0.692. The zero-order valence-electron chi connectivity index (χ0n) is 18.3. The summed E-state index contributed by atoms with van der Waals surface area (Å²) in [7, 11) is -0.277. The number of carbonyl (C=O) groups excluding carboxylic acids is 1. The van der Waals surface area contributed by atoms with E-state index in [1.807, 2.05) is 11.9 Å². The van der Waals surface area contributed by atoms with Gasteiger partial charge >= 0.3 is 0 Å². The van der Waals surface area contributed by atoms with E-state index in [9.17, 15) is 13.2 Å². The number of amides is 1. The van der Waals surface area contributed by atoms with Crippen LogP contribution in [-0.4, -0.2) is 70.0 Å². The van der Waals surface area contributed by atoms with Crippen molar-refractivity contribution in [2.24, 2.45) is 23.7 Å². The fraction of sp³-hybridized carbons (Fsp3) is 0.696. The van der Waals surface area contributed by atoms with Crippen LogP contribution in [0.2, 0.25) is 0 Å². The molecule has 170 valence electrons. The van der Waals surface area contributed by atoms with Crippen molar-refractivity contribution < 1.29 is 22.7 Å². The van der Waals surface area contributed by atoms with Crippen LogP contribution in [0.4, 0.5) is 0 Å². The van der Waals surface area contributed by atoms with Gasteiger partial charge in [0.2, 0.25) is 10.0 Å². The Morgan fingerprint density at radius 2 is 1.68 bits per heavy atom. The number of hydrogen-bond acceptors (Lipinski definition) is 5. The summed E-state index contributed by atoms with van der Waals surface area (Å²) in [6, 6.07) is 4.87. The number of morpholine rings is 1. The molecule has 1 amide bonds. The van der Waals surface area contributed by atoms with E-state index < -0.39 is 10.0 Å². The van der Waals surface area contributed by atoms with Crippen molar-refractivity contribution in [3.63, 3.8) is 0 Å². The van der Waals surface area contributed by atoms with Crippen LogP contribution in [0.25, 0.3) is 0 Å². The highest BCUT2D eigenvalue weighted by atomic mass is 32.2. The Kier molecular flexibility index (Phi) is 5.51. The average Bonchev–Trinajstić information content (AvgIpc) is 2.78. The third kappa shape index (κ3) is 3.66. The van der Waals surface area contributed by atoms with Gasteiger partial charge in [-0.1, -0.05) is 0 Å². The predicted molar refractivity (Wildman–Crippen MR) is 115 cm³/mol. The van der Waals surface area contributed by atoms with Gasteiger partial charge in [0, 0.05) is 26.2 Å². The van der Waals surface area contributed by atoms with Crippen molar-refractivity contribution in [2.45, 2.75) is 43.0 Å². The van der Waals surface area contributed by atoms with E-state index >= 15 is 0 Å². The average molecular weight is 449 g/mol. The molecular weight excluding hydrogens is 416 g/mol. The second-order valence-electron chi connectivity index (χ2n) is 9.72. The maximum absolute atomic E-state index is 13.6. The molecule has 0 spiro atoms. The maximum Gasteiger partial charge on any atom is 0.257 e. The van der Waals surface area contributed by atoms with Crippen LogP contribution in [0, 0.1) is 23.7 Å². The number of ether oxygens (including phenoxy) is 2. The molecular formula is C23H32N2O5S. The van der Waals surface area contributed by atoms with Gasteiger partial charge in [0.15, 0.2) is 0 Å². The zero-order chi connectivity index (χ0) is 21.8. The summed E-state index contributed by atoms with van der Waals surface area (Å²) >= 11 is 0. The lowest BCUT2D eigenvalue weighted by Crippen LogP contribution is -2.56. The maximum atomic E-state index is 13.6. The van der Waals surface area contributed by atoms with Crippen molar-refractivity contribution >= 4 is 15.9 Å². The second kappa shape index (κ2) is 8.05. The monoisotopic (exact) mass is 448 g/mol. The molecule has 31 heavy (non-hydrogen) atoms. The van der Waals surface area contributed by atoms with Crippen molar-refractivity contribution in [3.05, 3.63) is 23.8 Å². The first kappa shape index (κ1) is 21.2. The van der Waals surface area contributed by atoms with Gasteiger partial charge in [0.05, 0.1) is 30.8 Å². The number of carbonyl (C=O) groups is 1. The fourth-order valence-corrected chi connectivity index (χ4v) is 8.24. The Morgan fingerprint density at radius 3 is 2.26 bits per heavy atom. The van der Waals surface area contributed by atoms with E-state index in [1.165, 1.54) is 55.7 Å². The molecule has 8 heteroatoms. The van der Waals surface area contributed by atoms with Crippen molar-refractivity contribution in [1.29, 1.82) is 0 Å².